The largest absolute Gasteiger partial charge is 0.344 e. The average molecular weight is 354 g/mol. The van der Waals surface area contributed by atoms with E-state index in [4.69, 9.17) is 0 Å². The van der Waals surface area contributed by atoms with Gasteiger partial charge in [0.2, 0.25) is 5.91 Å². The summed E-state index contributed by atoms with van der Waals surface area (Å²) >= 11 is 1.60. The third-order valence-corrected chi connectivity index (χ3v) is 6.12. The molecule has 4 rings (SSSR count). The number of hydrogen-bond acceptors (Lipinski definition) is 3. The number of thiazole rings is 1. The van der Waals surface area contributed by atoms with Gasteiger partial charge in [0.05, 0.1) is 21.7 Å². The third-order valence-electron chi connectivity index (χ3n) is 4.76. The smallest absolute Gasteiger partial charge is 0.228 e. The predicted octanol–water partition coefficient (Wildman–Crippen LogP) is 4.52. The van der Waals surface area contributed by atoms with Crippen molar-refractivity contribution >= 4 is 27.5 Å². The number of carbonyl (C=O) groups is 1. The molecule has 1 aromatic heterocycles. The minimum atomic E-state index is -0.552. The molecular formula is C20H19FN2OS. The summed E-state index contributed by atoms with van der Waals surface area (Å²) in [4.78, 5) is 17.5. The van der Waals surface area contributed by atoms with E-state index in [0.717, 1.165) is 39.2 Å². The van der Waals surface area contributed by atoms with Gasteiger partial charge >= 0.3 is 0 Å². The van der Waals surface area contributed by atoms with Crippen LogP contribution in [0.25, 0.3) is 10.2 Å². The normalized spacial score (nSPS) is 16.8. The molecule has 3 nitrogen and oxygen atoms in total. The first kappa shape index (κ1) is 16.2. The number of benzene rings is 2. The summed E-state index contributed by atoms with van der Waals surface area (Å²) in [5, 5.41) is 4.03. The number of fused-ring (bicyclic) bond motifs is 2. The summed E-state index contributed by atoms with van der Waals surface area (Å²) in [5.74, 6) is -0.478. The quantitative estimate of drug-likeness (QED) is 0.751. The second-order valence-corrected chi connectivity index (χ2v) is 8.07. The fraction of sp³-hybridized carbons (Fsp3) is 0.300. The van der Waals surface area contributed by atoms with Crippen molar-refractivity contribution in [3.8, 4) is 0 Å². The van der Waals surface area contributed by atoms with Crippen LogP contribution in [0.2, 0.25) is 0 Å². The van der Waals surface area contributed by atoms with E-state index in [1.165, 1.54) is 6.07 Å². The maximum absolute atomic E-state index is 13.4. The molecular weight excluding hydrogens is 335 g/mol. The highest BCUT2D eigenvalue weighted by atomic mass is 32.1. The minimum absolute atomic E-state index is 0.0189. The molecule has 1 aliphatic carbocycles. The van der Waals surface area contributed by atoms with Crippen LogP contribution in [-0.4, -0.2) is 10.9 Å². The summed E-state index contributed by atoms with van der Waals surface area (Å²) in [6.45, 7) is 3.95. The van der Waals surface area contributed by atoms with E-state index < -0.39 is 5.54 Å². The van der Waals surface area contributed by atoms with Gasteiger partial charge < -0.3 is 5.32 Å². The topological polar surface area (TPSA) is 42.0 Å². The highest BCUT2D eigenvalue weighted by Gasteiger charge is 2.34. The number of aryl methyl sites for hydroxylation is 1. The van der Waals surface area contributed by atoms with E-state index in [2.05, 4.69) is 10.3 Å². The Bertz CT molecular complexity index is 930. The van der Waals surface area contributed by atoms with E-state index in [1.807, 2.05) is 38.1 Å². The van der Waals surface area contributed by atoms with Gasteiger partial charge in [-0.2, -0.15) is 0 Å². The van der Waals surface area contributed by atoms with E-state index in [0.29, 0.717) is 0 Å². The van der Waals surface area contributed by atoms with Crippen LogP contribution in [0.1, 0.15) is 42.3 Å². The van der Waals surface area contributed by atoms with Crippen LogP contribution in [-0.2, 0) is 16.8 Å². The van der Waals surface area contributed by atoms with Gasteiger partial charge in [0.15, 0.2) is 0 Å². The van der Waals surface area contributed by atoms with Crippen molar-refractivity contribution in [1.29, 1.82) is 0 Å². The monoisotopic (exact) mass is 354 g/mol. The molecule has 1 N–H and O–H groups in total. The number of hydrogen-bond donors (Lipinski definition) is 1. The van der Waals surface area contributed by atoms with Crippen molar-refractivity contribution in [3.63, 3.8) is 0 Å². The molecule has 1 aliphatic rings. The number of aromatic nitrogens is 1. The number of nitrogens with zero attached hydrogens (tertiary/aromatic N) is 1. The summed E-state index contributed by atoms with van der Waals surface area (Å²) in [6.07, 6.45) is 1.47. The van der Waals surface area contributed by atoms with Crippen molar-refractivity contribution in [1.82, 2.24) is 10.3 Å². The van der Waals surface area contributed by atoms with Crippen LogP contribution < -0.4 is 5.32 Å². The molecule has 1 atom stereocenters. The van der Waals surface area contributed by atoms with Crippen molar-refractivity contribution < 1.29 is 9.18 Å². The lowest BCUT2D eigenvalue weighted by Gasteiger charge is -2.26. The Morgan fingerprint density at radius 3 is 2.88 bits per heavy atom. The number of nitrogens with one attached hydrogen (secondary N) is 1. The predicted molar refractivity (Wildman–Crippen MR) is 98.3 cm³/mol. The zero-order valence-corrected chi connectivity index (χ0v) is 15.0. The summed E-state index contributed by atoms with van der Waals surface area (Å²) in [7, 11) is 0. The van der Waals surface area contributed by atoms with Gasteiger partial charge in [-0.3, -0.25) is 4.79 Å². The van der Waals surface area contributed by atoms with Crippen LogP contribution in [0.15, 0.2) is 42.5 Å². The van der Waals surface area contributed by atoms with Crippen LogP contribution in [0.3, 0.4) is 0 Å². The molecule has 0 radical (unpaired) electrons. The van der Waals surface area contributed by atoms with Gasteiger partial charge in [0.25, 0.3) is 0 Å². The number of halogens is 1. The van der Waals surface area contributed by atoms with E-state index in [-0.39, 0.29) is 17.6 Å². The van der Waals surface area contributed by atoms with Gasteiger partial charge in [-0.1, -0.05) is 18.2 Å². The molecule has 1 unspecified atom stereocenters. The van der Waals surface area contributed by atoms with Crippen LogP contribution in [0, 0.1) is 5.82 Å². The minimum Gasteiger partial charge on any atom is -0.344 e. The van der Waals surface area contributed by atoms with E-state index in [9.17, 15) is 9.18 Å². The third kappa shape index (κ3) is 2.93. The summed E-state index contributed by atoms with van der Waals surface area (Å²) in [5.41, 5.74) is 2.28. The Balaban J connectivity index is 1.58. The lowest BCUT2D eigenvalue weighted by Crippen LogP contribution is -2.43. The Labute approximate surface area is 149 Å². The van der Waals surface area contributed by atoms with Crippen molar-refractivity contribution in [2.75, 3.05) is 0 Å². The molecule has 128 valence electrons. The van der Waals surface area contributed by atoms with Crippen LogP contribution in [0.4, 0.5) is 4.39 Å². The Morgan fingerprint density at radius 1 is 1.28 bits per heavy atom. The first-order chi connectivity index (χ1) is 11.9. The Hall–Kier alpha value is -2.27. The molecule has 0 bridgehead atoms. The fourth-order valence-electron chi connectivity index (χ4n) is 3.45. The number of para-hydroxylation sites is 1. The molecule has 0 saturated heterocycles. The van der Waals surface area contributed by atoms with E-state index >= 15 is 0 Å². The maximum Gasteiger partial charge on any atom is 0.228 e. The Morgan fingerprint density at radius 2 is 2.08 bits per heavy atom. The zero-order valence-electron chi connectivity index (χ0n) is 14.2. The van der Waals surface area contributed by atoms with Gasteiger partial charge in [-0.05, 0) is 62.1 Å². The van der Waals surface area contributed by atoms with Crippen LogP contribution in [0.5, 0.6) is 0 Å². The molecule has 0 fully saturated rings. The van der Waals surface area contributed by atoms with Gasteiger partial charge in [0, 0.05) is 0 Å². The number of carbonyl (C=O) groups excluding carboxylic acids is 1. The molecule has 0 aliphatic heterocycles. The lowest BCUT2D eigenvalue weighted by molar-refractivity contribution is -0.124. The average Bonchev–Trinajstić information content (AvgIpc) is 3.18. The van der Waals surface area contributed by atoms with Gasteiger partial charge in [0.1, 0.15) is 10.8 Å². The second-order valence-electron chi connectivity index (χ2n) is 7.04. The molecule has 5 heteroatoms. The molecule has 0 saturated carbocycles. The molecule has 1 heterocycles. The Kier molecular flexibility index (Phi) is 3.84. The fourth-order valence-corrected chi connectivity index (χ4v) is 4.47. The SMILES string of the molecule is CC(C)(NC(=O)C1CCc2cc(F)ccc21)c1nc2ccccc2s1. The van der Waals surface area contributed by atoms with Crippen molar-refractivity contribution in [3.05, 3.63) is 64.4 Å². The standard InChI is InChI=1S/C20H19FN2OS/c1-20(2,19-22-16-5-3-4-6-17(16)25-19)23-18(24)15-9-7-12-11-13(21)8-10-14(12)15/h3-6,8,10-11,15H,7,9H2,1-2H3,(H,23,24). The van der Waals surface area contributed by atoms with Crippen molar-refractivity contribution in [2.24, 2.45) is 0 Å². The second kappa shape index (κ2) is 5.92. The summed E-state index contributed by atoms with van der Waals surface area (Å²) in [6, 6.07) is 12.7. The van der Waals surface area contributed by atoms with Crippen molar-refractivity contribution in [2.45, 2.75) is 38.1 Å². The molecule has 25 heavy (non-hydrogen) atoms. The molecule has 3 aromatic rings. The van der Waals surface area contributed by atoms with Gasteiger partial charge in [-0.15, -0.1) is 11.3 Å². The summed E-state index contributed by atoms with van der Waals surface area (Å²) < 4.78 is 14.5. The molecule has 2 aromatic carbocycles. The maximum atomic E-state index is 13.4. The zero-order chi connectivity index (χ0) is 17.6. The van der Waals surface area contributed by atoms with Crippen LogP contribution >= 0.6 is 11.3 Å². The number of rotatable bonds is 3. The molecule has 1 amide bonds. The lowest BCUT2D eigenvalue weighted by atomic mass is 9.98. The highest BCUT2D eigenvalue weighted by molar-refractivity contribution is 7.18. The highest BCUT2D eigenvalue weighted by Crippen LogP contribution is 2.35. The first-order valence-electron chi connectivity index (χ1n) is 8.40. The van der Waals surface area contributed by atoms with E-state index in [1.54, 1.807) is 23.5 Å². The molecule has 0 spiro atoms. The number of amides is 1. The van der Waals surface area contributed by atoms with Gasteiger partial charge in [-0.25, -0.2) is 9.37 Å². The first-order valence-corrected chi connectivity index (χ1v) is 9.22.